The summed E-state index contributed by atoms with van der Waals surface area (Å²) in [5, 5.41) is 4.72. The lowest BCUT2D eigenvalue weighted by Crippen LogP contribution is -2.48. The van der Waals surface area contributed by atoms with Gasteiger partial charge in [0.05, 0.1) is 24.7 Å². The quantitative estimate of drug-likeness (QED) is 0.335. The molecule has 0 radical (unpaired) electrons. The summed E-state index contributed by atoms with van der Waals surface area (Å²) in [5.41, 5.74) is 7.42. The van der Waals surface area contributed by atoms with Crippen molar-refractivity contribution in [2.75, 3.05) is 20.2 Å². The second-order valence-electron chi connectivity index (χ2n) is 10.0. The number of benzene rings is 3. The van der Waals surface area contributed by atoms with E-state index in [1.54, 1.807) is 19.2 Å². The van der Waals surface area contributed by atoms with Crippen molar-refractivity contribution < 1.29 is 9.13 Å². The molecule has 1 aliphatic carbocycles. The van der Waals surface area contributed by atoms with E-state index in [1.165, 1.54) is 34.4 Å². The zero-order valence-electron chi connectivity index (χ0n) is 20.5. The minimum absolute atomic E-state index is 0.00524. The highest BCUT2D eigenvalue weighted by Crippen LogP contribution is 2.46. The summed E-state index contributed by atoms with van der Waals surface area (Å²) in [5.74, 6) is 0.648. The molecule has 0 amide bonds. The third-order valence-electron chi connectivity index (χ3n) is 7.65. The van der Waals surface area contributed by atoms with Crippen LogP contribution in [0.2, 0.25) is 0 Å². The van der Waals surface area contributed by atoms with Crippen LogP contribution < -0.4 is 4.74 Å². The van der Waals surface area contributed by atoms with Gasteiger partial charge >= 0.3 is 0 Å². The average Bonchev–Trinajstić information content (AvgIpc) is 3.31. The molecule has 1 aliphatic heterocycles. The molecule has 1 fully saturated rings. The first-order valence-corrected chi connectivity index (χ1v) is 12.5. The van der Waals surface area contributed by atoms with Crippen molar-refractivity contribution in [3.8, 4) is 11.4 Å². The zero-order valence-corrected chi connectivity index (χ0v) is 20.5. The van der Waals surface area contributed by atoms with E-state index in [9.17, 15) is 4.39 Å². The molecule has 1 atom stereocenters. The van der Waals surface area contributed by atoms with Gasteiger partial charge in [0.15, 0.2) is 0 Å². The number of halogens is 1. The maximum atomic E-state index is 13.5. The summed E-state index contributed by atoms with van der Waals surface area (Å²) in [4.78, 5) is 2.60. The summed E-state index contributed by atoms with van der Waals surface area (Å²) < 4.78 is 20.9. The molecule has 0 spiro atoms. The van der Waals surface area contributed by atoms with Crippen molar-refractivity contribution in [2.24, 2.45) is 5.41 Å². The Labute approximate surface area is 211 Å². The van der Waals surface area contributed by atoms with Crippen molar-refractivity contribution in [3.63, 3.8) is 0 Å². The number of piperidine rings is 1. The second-order valence-corrected chi connectivity index (χ2v) is 10.0. The van der Waals surface area contributed by atoms with Gasteiger partial charge in [0.2, 0.25) is 0 Å². The van der Waals surface area contributed by atoms with Gasteiger partial charge in [0.25, 0.3) is 0 Å². The van der Waals surface area contributed by atoms with Gasteiger partial charge in [-0.05, 0) is 78.4 Å². The van der Waals surface area contributed by atoms with Crippen LogP contribution in [0.4, 0.5) is 4.39 Å². The first kappa shape index (κ1) is 22.7. The van der Waals surface area contributed by atoms with Crippen molar-refractivity contribution in [3.05, 3.63) is 119 Å². The van der Waals surface area contributed by atoms with E-state index in [2.05, 4.69) is 65.6 Å². The van der Waals surface area contributed by atoms with Crippen molar-refractivity contribution >= 4 is 6.08 Å². The fraction of sp³-hybridized carbons (Fsp3) is 0.258. The average molecular weight is 480 g/mol. The first-order chi connectivity index (χ1) is 17.6. The Bertz CT molecular complexity index is 1380. The summed E-state index contributed by atoms with van der Waals surface area (Å²) in [6.07, 6.45) is 7.29. The lowest BCUT2D eigenvalue weighted by molar-refractivity contribution is 0.132. The summed E-state index contributed by atoms with van der Waals surface area (Å²) in [7, 11) is 1.71. The number of nitrogens with zero attached hydrogens (tertiary/aromatic N) is 3. The standard InChI is InChI=1S/C31H30FN3O/c1-36-29-13-7-23(8-14-29)18-31-19-25-20-33-35(28-11-9-27(32)10-12-28)30(25)17-26(31)15-16-34(22-31)21-24-5-3-2-4-6-24/h2-14,17,20H,15-16,18-19,21-22H2,1H3. The maximum absolute atomic E-state index is 13.5. The fourth-order valence-corrected chi connectivity index (χ4v) is 5.89. The number of hydrogen-bond acceptors (Lipinski definition) is 3. The summed E-state index contributed by atoms with van der Waals surface area (Å²) in [6.45, 7) is 2.99. The number of likely N-dealkylation sites (tertiary alicyclic amines) is 1. The number of hydrogen-bond donors (Lipinski definition) is 0. The van der Waals surface area contributed by atoms with Crippen LogP contribution in [0.3, 0.4) is 0 Å². The lowest BCUT2D eigenvalue weighted by Gasteiger charge is -2.47. The molecule has 1 saturated heterocycles. The Balaban J connectivity index is 1.36. The van der Waals surface area contributed by atoms with E-state index in [1.807, 2.05) is 10.9 Å². The van der Waals surface area contributed by atoms with Crippen LogP contribution in [0.5, 0.6) is 5.75 Å². The molecule has 2 heterocycles. The van der Waals surface area contributed by atoms with Gasteiger partial charge in [0, 0.05) is 25.0 Å². The Morgan fingerprint density at radius 3 is 2.47 bits per heavy atom. The molecule has 2 aliphatic rings. The molecule has 1 unspecified atom stereocenters. The monoisotopic (exact) mass is 479 g/mol. The predicted octanol–water partition coefficient (Wildman–Crippen LogP) is 6.09. The molecule has 4 nitrogen and oxygen atoms in total. The van der Waals surface area contributed by atoms with E-state index in [-0.39, 0.29) is 11.2 Å². The van der Waals surface area contributed by atoms with Gasteiger partial charge < -0.3 is 4.74 Å². The normalized spacial score (nSPS) is 19.3. The van der Waals surface area contributed by atoms with Crippen molar-refractivity contribution in [2.45, 2.75) is 25.8 Å². The van der Waals surface area contributed by atoms with Crippen LogP contribution in [-0.4, -0.2) is 34.9 Å². The number of rotatable bonds is 6. The van der Waals surface area contributed by atoms with Crippen LogP contribution >= 0.6 is 0 Å². The van der Waals surface area contributed by atoms with Crippen molar-refractivity contribution in [1.29, 1.82) is 0 Å². The van der Waals surface area contributed by atoms with Gasteiger partial charge in [-0.2, -0.15) is 5.10 Å². The molecular formula is C31H30FN3O. The van der Waals surface area contributed by atoms with E-state index in [0.29, 0.717) is 0 Å². The molecule has 4 aromatic rings. The zero-order chi connectivity index (χ0) is 24.5. The van der Waals surface area contributed by atoms with Gasteiger partial charge in [-0.25, -0.2) is 9.07 Å². The highest BCUT2D eigenvalue weighted by molar-refractivity contribution is 5.62. The highest BCUT2D eigenvalue weighted by atomic mass is 19.1. The van der Waals surface area contributed by atoms with E-state index < -0.39 is 0 Å². The van der Waals surface area contributed by atoms with Crippen LogP contribution in [0.25, 0.3) is 11.8 Å². The molecule has 0 bridgehead atoms. The minimum Gasteiger partial charge on any atom is -0.497 e. The smallest absolute Gasteiger partial charge is 0.123 e. The van der Waals surface area contributed by atoms with E-state index >= 15 is 0 Å². The Morgan fingerprint density at radius 2 is 1.72 bits per heavy atom. The molecule has 3 aromatic carbocycles. The number of ether oxygens (including phenoxy) is 1. The molecular weight excluding hydrogens is 449 g/mol. The third-order valence-corrected chi connectivity index (χ3v) is 7.65. The minimum atomic E-state index is -0.234. The third kappa shape index (κ3) is 4.35. The van der Waals surface area contributed by atoms with Gasteiger partial charge in [-0.15, -0.1) is 0 Å². The SMILES string of the molecule is COc1ccc(CC23Cc4cnn(-c5ccc(F)cc5)c4C=C2CCN(Cc2ccccc2)C3)cc1. The molecule has 0 N–H and O–H groups in total. The Kier molecular flexibility index (Phi) is 5.94. The van der Waals surface area contributed by atoms with Crippen LogP contribution in [0, 0.1) is 11.2 Å². The molecule has 182 valence electrons. The Morgan fingerprint density at radius 1 is 0.944 bits per heavy atom. The number of aromatic nitrogens is 2. The maximum Gasteiger partial charge on any atom is 0.123 e. The Hall–Kier alpha value is -3.70. The van der Waals surface area contributed by atoms with Crippen molar-refractivity contribution in [1.82, 2.24) is 14.7 Å². The lowest BCUT2D eigenvalue weighted by atomic mass is 9.65. The van der Waals surface area contributed by atoms with Gasteiger partial charge in [-0.1, -0.05) is 48.0 Å². The highest BCUT2D eigenvalue weighted by Gasteiger charge is 2.43. The summed E-state index contributed by atoms with van der Waals surface area (Å²) in [6, 6.07) is 25.8. The molecule has 6 rings (SSSR count). The second kappa shape index (κ2) is 9.40. The van der Waals surface area contributed by atoms with Gasteiger partial charge in [0.1, 0.15) is 11.6 Å². The molecule has 0 saturated carbocycles. The van der Waals surface area contributed by atoms with E-state index in [4.69, 9.17) is 9.84 Å². The number of methoxy groups -OCH3 is 1. The summed E-state index contributed by atoms with van der Waals surface area (Å²) >= 11 is 0. The van der Waals surface area contributed by atoms with Crippen LogP contribution in [-0.2, 0) is 19.4 Å². The first-order valence-electron chi connectivity index (χ1n) is 12.5. The topological polar surface area (TPSA) is 30.3 Å². The predicted molar refractivity (Wildman–Crippen MR) is 141 cm³/mol. The van der Waals surface area contributed by atoms with Gasteiger partial charge in [-0.3, -0.25) is 4.90 Å². The fourth-order valence-electron chi connectivity index (χ4n) is 5.89. The molecule has 5 heteroatoms. The molecule has 36 heavy (non-hydrogen) atoms. The van der Waals surface area contributed by atoms with E-state index in [0.717, 1.165) is 56.0 Å². The number of fused-ring (bicyclic) bond motifs is 2. The molecule has 1 aromatic heterocycles. The van der Waals surface area contributed by atoms with Crippen LogP contribution in [0.1, 0.15) is 28.8 Å². The van der Waals surface area contributed by atoms with Crippen LogP contribution in [0.15, 0.2) is 90.6 Å². The largest absolute Gasteiger partial charge is 0.497 e.